The molecule has 0 amide bonds. The van der Waals surface area contributed by atoms with Gasteiger partial charge < -0.3 is 4.74 Å². The summed E-state index contributed by atoms with van der Waals surface area (Å²) in [5.41, 5.74) is 1.02. The van der Waals surface area contributed by atoms with Gasteiger partial charge in [0.15, 0.2) is 0 Å². The fourth-order valence-electron chi connectivity index (χ4n) is 1.48. The van der Waals surface area contributed by atoms with Gasteiger partial charge in [0.05, 0.1) is 12.9 Å². The van der Waals surface area contributed by atoms with Crippen LogP contribution in [0.5, 0.6) is 5.75 Å². The van der Waals surface area contributed by atoms with Gasteiger partial charge in [-0.3, -0.25) is 0 Å². The molecule has 0 aromatic heterocycles. The van der Waals surface area contributed by atoms with E-state index < -0.39 is 9.84 Å². The van der Waals surface area contributed by atoms with Crippen molar-refractivity contribution in [3.8, 4) is 5.75 Å². The number of rotatable bonds is 4. The van der Waals surface area contributed by atoms with Crippen molar-refractivity contribution in [2.75, 3.05) is 19.1 Å². The van der Waals surface area contributed by atoms with Crippen LogP contribution in [0.15, 0.2) is 24.3 Å². The quantitative estimate of drug-likeness (QED) is 0.789. The van der Waals surface area contributed by atoms with Crippen LogP contribution in [-0.4, -0.2) is 27.5 Å². The molecular weight excluding hydrogens is 212 g/mol. The van der Waals surface area contributed by atoms with Gasteiger partial charge in [-0.15, -0.1) is 0 Å². The van der Waals surface area contributed by atoms with Gasteiger partial charge in [-0.05, 0) is 23.6 Å². The number of methoxy groups -OCH3 is 1. The third kappa shape index (κ3) is 3.91. The highest BCUT2D eigenvalue weighted by atomic mass is 32.2. The van der Waals surface area contributed by atoms with Crippen molar-refractivity contribution in [3.05, 3.63) is 29.8 Å². The summed E-state index contributed by atoms with van der Waals surface area (Å²) in [5.74, 6) is 0.982. The highest BCUT2D eigenvalue weighted by Crippen LogP contribution is 2.20. The molecule has 0 fully saturated rings. The molecule has 1 atom stereocenters. The first-order chi connectivity index (χ1) is 6.92. The summed E-state index contributed by atoms with van der Waals surface area (Å²) >= 11 is 0. The minimum absolute atomic E-state index is 0.0194. The third-order valence-corrected chi connectivity index (χ3v) is 3.34. The second kappa shape index (κ2) is 4.66. The standard InChI is InChI=1S/C11H16O3S/c1-9(8-15(3,12)13)10-4-6-11(14-2)7-5-10/h4-7,9H,8H2,1-3H3/t9-/m0/s1. The maximum Gasteiger partial charge on any atom is 0.148 e. The third-order valence-electron chi connectivity index (χ3n) is 2.24. The molecule has 15 heavy (non-hydrogen) atoms. The Kier molecular flexibility index (Phi) is 3.74. The van der Waals surface area contributed by atoms with Crippen molar-refractivity contribution in [2.24, 2.45) is 0 Å². The van der Waals surface area contributed by atoms with Gasteiger partial charge in [-0.1, -0.05) is 19.1 Å². The SMILES string of the molecule is COc1ccc([C@@H](C)CS(C)(=O)=O)cc1. The van der Waals surface area contributed by atoms with Crippen LogP contribution in [0.4, 0.5) is 0 Å². The number of hydrogen-bond acceptors (Lipinski definition) is 3. The predicted octanol–water partition coefficient (Wildman–Crippen LogP) is 1.84. The minimum Gasteiger partial charge on any atom is -0.497 e. The maximum atomic E-state index is 11.1. The first kappa shape index (κ1) is 12.0. The summed E-state index contributed by atoms with van der Waals surface area (Å²) < 4.78 is 27.3. The van der Waals surface area contributed by atoms with E-state index in [9.17, 15) is 8.42 Å². The lowest BCUT2D eigenvalue weighted by Gasteiger charge is -2.10. The van der Waals surface area contributed by atoms with Crippen molar-refractivity contribution in [3.63, 3.8) is 0 Å². The summed E-state index contributed by atoms with van der Waals surface area (Å²) in [5, 5.41) is 0. The molecule has 0 saturated carbocycles. The maximum absolute atomic E-state index is 11.1. The molecule has 3 nitrogen and oxygen atoms in total. The van der Waals surface area contributed by atoms with Gasteiger partial charge in [0.1, 0.15) is 15.6 Å². The molecule has 0 heterocycles. The molecule has 1 aromatic carbocycles. The predicted molar refractivity (Wildman–Crippen MR) is 61.1 cm³/mol. The van der Waals surface area contributed by atoms with Crippen LogP contribution in [0.3, 0.4) is 0 Å². The molecule has 0 bridgehead atoms. The van der Waals surface area contributed by atoms with Crippen molar-refractivity contribution in [2.45, 2.75) is 12.8 Å². The molecule has 0 spiro atoms. The highest BCUT2D eigenvalue weighted by Gasteiger charge is 2.12. The Morgan fingerprint density at radius 2 is 1.80 bits per heavy atom. The van der Waals surface area contributed by atoms with Crippen LogP contribution >= 0.6 is 0 Å². The van der Waals surface area contributed by atoms with Gasteiger partial charge in [-0.25, -0.2) is 8.42 Å². The number of ether oxygens (including phenoxy) is 1. The van der Waals surface area contributed by atoms with E-state index >= 15 is 0 Å². The number of sulfone groups is 1. The second-order valence-corrected chi connectivity index (χ2v) is 5.95. The first-order valence-electron chi connectivity index (χ1n) is 4.74. The molecule has 0 aliphatic heterocycles. The van der Waals surface area contributed by atoms with E-state index in [-0.39, 0.29) is 11.7 Å². The molecule has 0 aliphatic carbocycles. The minimum atomic E-state index is -2.92. The van der Waals surface area contributed by atoms with Crippen LogP contribution in [0.1, 0.15) is 18.4 Å². The van der Waals surface area contributed by atoms with Crippen molar-refractivity contribution >= 4 is 9.84 Å². The van der Waals surface area contributed by atoms with E-state index in [1.165, 1.54) is 6.26 Å². The summed E-state index contributed by atoms with van der Waals surface area (Å²) in [7, 11) is -1.31. The second-order valence-electron chi connectivity index (χ2n) is 3.77. The fourth-order valence-corrected chi connectivity index (χ4v) is 2.58. The Morgan fingerprint density at radius 3 is 2.20 bits per heavy atom. The van der Waals surface area contributed by atoms with Crippen molar-refractivity contribution in [1.29, 1.82) is 0 Å². The molecule has 1 rings (SSSR count). The normalized spacial score (nSPS) is 13.5. The average molecular weight is 228 g/mol. The van der Waals surface area contributed by atoms with Crippen LogP contribution < -0.4 is 4.74 Å². The smallest absolute Gasteiger partial charge is 0.148 e. The van der Waals surface area contributed by atoms with E-state index in [1.54, 1.807) is 7.11 Å². The molecule has 0 N–H and O–H groups in total. The molecule has 84 valence electrons. The monoisotopic (exact) mass is 228 g/mol. The molecule has 0 unspecified atom stereocenters. The van der Waals surface area contributed by atoms with Gasteiger partial charge in [-0.2, -0.15) is 0 Å². The molecular formula is C11H16O3S. The lowest BCUT2D eigenvalue weighted by molar-refractivity contribution is 0.414. The lowest BCUT2D eigenvalue weighted by Crippen LogP contribution is -2.10. The Hall–Kier alpha value is -1.03. The van der Waals surface area contributed by atoms with E-state index in [4.69, 9.17) is 4.74 Å². The summed E-state index contributed by atoms with van der Waals surface area (Å²) in [6.45, 7) is 1.91. The van der Waals surface area contributed by atoms with Crippen LogP contribution in [0.2, 0.25) is 0 Å². The number of benzene rings is 1. The van der Waals surface area contributed by atoms with Crippen LogP contribution in [0, 0.1) is 0 Å². The fraction of sp³-hybridized carbons (Fsp3) is 0.455. The van der Waals surface area contributed by atoms with Gasteiger partial charge in [0.2, 0.25) is 0 Å². The summed E-state index contributed by atoms with van der Waals surface area (Å²) in [4.78, 5) is 0. The molecule has 4 heteroatoms. The van der Waals surface area contributed by atoms with Crippen molar-refractivity contribution in [1.82, 2.24) is 0 Å². The van der Waals surface area contributed by atoms with E-state index in [2.05, 4.69) is 0 Å². The van der Waals surface area contributed by atoms with Gasteiger partial charge in [0, 0.05) is 6.26 Å². The van der Waals surface area contributed by atoms with Gasteiger partial charge >= 0.3 is 0 Å². The summed E-state index contributed by atoms with van der Waals surface area (Å²) in [6.07, 6.45) is 1.26. The zero-order valence-corrected chi connectivity index (χ0v) is 10.0. The zero-order chi connectivity index (χ0) is 11.5. The number of hydrogen-bond donors (Lipinski definition) is 0. The Balaban J connectivity index is 2.78. The van der Waals surface area contributed by atoms with Gasteiger partial charge in [0.25, 0.3) is 0 Å². The van der Waals surface area contributed by atoms with Crippen molar-refractivity contribution < 1.29 is 13.2 Å². The highest BCUT2D eigenvalue weighted by molar-refractivity contribution is 7.90. The molecule has 0 radical (unpaired) electrons. The molecule has 1 aromatic rings. The molecule has 0 aliphatic rings. The van der Waals surface area contributed by atoms with E-state index in [0.717, 1.165) is 11.3 Å². The Labute approximate surface area is 91.0 Å². The largest absolute Gasteiger partial charge is 0.497 e. The Morgan fingerprint density at radius 1 is 1.27 bits per heavy atom. The van der Waals surface area contributed by atoms with Crippen LogP contribution in [-0.2, 0) is 9.84 Å². The Bertz CT molecular complexity index is 406. The lowest BCUT2D eigenvalue weighted by atomic mass is 10.0. The van der Waals surface area contributed by atoms with Crippen LogP contribution in [0.25, 0.3) is 0 Å². The zero-order valence-electron chi connectivity index (χ0n) is 9.23. The summed E-state index contributed by atoms with van der Waals surface area (Å²) in [6, 6.07) is 7.48. The molecule has 0 saturated heterocycles. The van der Waals surface area contributed by atoms with E-state index in [1.807, 2.05) is 31.2 Å². The first-order valence-corrected chi connectivity index (χ1v) is 6.80. The average Bonchev–Trinajstić information content (AvgIpc) is 2.15. The topological polar surface area (TPSA) is 43.4 Å². The van der Waals surface area contributed by atoms with E-state index in [0.29, 0.717) is 0 Å².